The smallest absolute Gasteiger partial charge is 0.0722 e. The van der Waals surface area contributed by atoms with Crippen molar-refractivity contribution in [1.82, 2.24) is 0 Å². The average molecular weight is 225 g/mol. The third kappa shape index (κ3) is 9.94. The van der Waals surface area contributed by atoms with Gasteiger partial charge in [-0.25, -0.2) is 0 Å². The van der Waals surface area contributed by atoms with Crippen molar-refractivity contribution in [3.05, 3.63) is 24.3 Å². The molecule has 0 fully saturated rings. The lowest BCUT2D eigenvalue weighted by molar-refractivity contribution is 0.154. The van der Waals surface area contributed by atoms with Crippen LogP contribution in [0.3, 0.4) is 0 Å². The zero-order chi connectivity index (χ0) is 12.2. The molecule has 0 unspecified atom stereocenters. The second kappa shape index (κ2) is 10.9. The van der Waals surface area contributed by atoms with E-state index in [0.717, 1.165) is 6.42 Å². The number of hydrogen-bond acceptors (Lipinski definition) is 2. The Morgan fingerprint density at radius 2 is 1.81 bits per heavy atom. The topological polar surface area (TPSA) is 46.2 Å². The largest absolute Gasteiger partial charge is 0.391 e. The molecule has 0 aromatic carbocycles. The summed E-state index contributed by atoms with van der Waals surface area (Å²) in [6.07, 6.45) is 14.8. The summed E-state index contributed by atoms with van der Waals surface area (Å²) in [6, 6.07) is -0.150. The molecule has 2 atom stereocenters. The van der Waals surface area contributed by atoms with E-state index in [0.29, 0.717) is 6.42 Å². The Kier molecular flexibility index (Phi) is 10.5. The Balaban J connectivity index is 3.41. The molecule has 0 heterocycles. The van der Waals surface area contributed by atoms with Crippen LogP contribution in [-0.4, -0.2) is 17.3 Å². The van der Waals surface area contributed by atoms with Gasteiger partial charge in [0, 0.05) is 6.04 Å². The van der Waals surface area contributed by atoms with Crippen LogP contribution < -0.4 is 5.73 Å². The fourth-order valence-electron chi connectivity index (χ4n) is 1.37. The Morgan fingerprint density at radius 3 is 2.44 bits per heavy atom. The van der Waals surface area contributed by atoms with E-state index >= 15 is 0 Å². The molecule has 0 saturated carbocycles. The second-order valence-electron chi connectivity index (χ2n) is 4.37. The summed E-state index contributed by atoms with van der Waals surface area (Å²) in [7, 11) is 0. The molecule has 16 heavy (non-hydrogen) atoms. The summed E-state index contributed by atoms with van der Waals surface area (Å²) in [5.74, 6) is 0. The van der Waals surface area contributed by atoms with Gasteiger partial charge in [-0.05, 0) is 26.2 Å². The minimum absolute atomic E-state index is 0.150. The monoisotopic (exact) mass is 225 g/mol. The number of aliphatic hydroxyl groups is 1. The Hall–Kier alpha value is -0.600. The van der Waals surface area contributed by atoms with Gasteiger partial charge in [0.1, 0.15) is 0 Å². The summed E-state index contributed by atoms with van der Waals surface area (Å²) in [6.45, 7) is 4.05. The quantitative estimate of drug-likeness (QED) is 0.467. The average Bonchev–Trinajstić information content (AvgIpc) is 2.26. The van der Waals surface area contributed by atoms with Crippen LogP contribution in [0, 0.1) is 0 Å². The van der Waals surface area contributed by atoms with Gasteiger partial charge < -0.3 is 10.8 Å². The van der Waals surface area contributed by atoms with Gasteiger partial charge in [-0.1, -0.05) is 50.5 Å². The molecule has 0 aromatic rings. The maximum Gasteiger partial charge on any atom is 0.0722 e. The van der Waals surface area contributed by atoms with Crippen LogP contribution in [0.4, 0.5) is 0 Å². The molecule has 2 nitrogen and oxygen atoms in total. The summed E-state index contributed by atoms with van der Waals surface area (Å²) in [5, 5.41) is 9.43. The lowest BCUT2D eigenvalue weighted by Gasteiger charge is -2.10. The van der Waals surface area contributed by atoms with Gasteiger partial charge in [-0.15, -0.1) is 0 Å². The van der Waals surface area contributed by atoms with E-state index in [-0.39, 0.29) is 6.04 Å². The van der Waals surface area contributed by atoms with E-state index in [4.69, 9.17) is 5.73 Å². The molecule has 0 saturated heterocycles. The number of aliphatic hydroxyl groups excluding tert-OH is 1. The molecule has 0 radical (unpaired) electrons. The molecule has 0 aromatic heterocycles. The highest BCUT2D eigenvalue weighted by atomic mass is 16.3. The normalized spacial score (nSPS) is 16.0. The molecule has 0 aliphatic carbocycles. The second-order valence-corrected chi connectivity index (χ2v) is 4.37. The lowest BCUT2D eigenvalue weighted by atomic mass is 10.1. The minimum atomic E-state index is -0.422. The van der Waals surface area contributed by atoms with Gasteiger partial charge in [0.15, 0.2) is 0 Å². The Labute approximate surface area is 100 Å². The van der Waals surface area contributed by atoms with Crippen molar-refractivity contribution in [2.24, 2.45) is 5.73 Å². The van der Waals surface area contributed by atoms with Crippen molar-refractivity contribution < 1.29 is 5.11 Å². The maximum atomic E-state index is 9.43. The molecule has 0 aliphatic rings. The molecular weight excluding hydrogens is 198 g/mol. The van der Waals surface area contributed by atoms with E-state index in [1.165, 1.54) is 25.7 Å². The number of rotatable bonds is 9. The van der Waals surface area contributed by atoms with Gasteiger partial charge in [0.25, 0.3) is 0 Å². The standard InChI is InChI=1S/C14H27NO/c1-3-4-5-6-7-8-9-10-11-12-14(16)13(2)15/h8-11,13-14,16H,3-7,12,15H2,1-2H3/b9-8+,11-10+/t13-,14-/m0/s1. The van der Waals surface area contributed by atoms with E-state index in [2.05, 4.69) is 19.1 Å². The van der Waals surface area contributed by atoms with Crippen molar-refractivity contribution in [2.45, 2.75) is 64.5 Å². The first-order valence-corrected chi connectivity index (χ1v) is 6.43. The van der Waals surface area contributed by atoms with Crippen LogP contribution in [0.15, 0.2) is 24.3 Å². The summed E-state index contributed by atoms with van der Waals surface area (Å²) in [5.41, 5.74) is 5.54. The number of hydrogen-bond donors (Lipinski definition) is 2. The van der Waals surface area contributed by atoms with E-state index in [1.54, 1.807) is 0 Å². The van der Waals surface area contributed by atoms with E-state index in [1.807, 2.05) is 19.1 Å². The van der Waals surface area contributed by atoms with Crippen molar-refractivity contribution in [3.8, 4) is 0 Å². The predicted octanol–water partition coefficient (Wildman–Crippen LogP) is 3.17. The zero-order valence-corrected chi connectivity index (χ0v) is 10.7. The first-order chi connectivity index (χ1) is 7.68. The molecule has 3 N–H and O–H groups in total. The Bertz CT molecular complexity index is 197. The SMILES string of the molecule is CCCCCC/C=C/C=C/C[C@H](O)[C@H](C)N. The van der Waals surface area contributed by atoms with Gasteiger partial charge in [0.2, 0.25) is 0 Å². The van der Waals surface area contributed by atoms with Crippen LogP contribution in [-0.2, 0) is 0 Å². The Morgan fingerprint density at radius 1 is 1.12 bits per heavy atom. The molecule has 0 amide bonds. The van der Waals surface area contributed by atoms with Gasteiger partial charge >= 0.3 is 0 Å². The van der Waals surface area contributed by atoms with Crippen LogP contribution in [0.25, 0.3) is 0 Å². The van der Waals surface area contributed by atoms with Crippen LogP contribution >= 0.6 is 0 Å². The minimum Gasteiger partial charge on any atom is -0.391 e. The summed E-state index contributed by atoms with van der Waals surface area (Å²) < 4.78 is 0. The van der Waals surface area contributed by atoms with Crippen molar-refractivity contribution in [1.29, 1.82) is 0 Å². The van der Waals surface area contributed by atoms with Crippen LogP contribution in [0.1, 0.15) is 52.4 Å². The fraction of sp³-hybridized carbons (Fsp3) is 0.714. The lowest BCUT2D eigenvalue weighted by Crippen LogP contribution is -2.30. The first kappa shape index (κ1) is 15.4. The zero-order valence-electron chi connectivity index (χ0n) is 10.7. The molecule has 0 aliphatic heterocycles. The maximum absolute atomic E-state index is 9.43. The van der Waals surface area contributed by atoms with E-state index in [9.17, 15) is 5.11 Å². The summed E-state index contributed by atoms with van der Waals surface area (Å²) >= 11 is 0. The molecule has 0 bridgehead atoms. The molecule has 94 valence electrons. The molecule has 0 spiro atoms. The first-order valence-electron chi connectivity index (χ1n) is 6.43. The van der Waals surface area contributed by atoms with Gasteiger partial charge in [0.05, 0.1) is 6.10 Å². The third-order valence-electron chi connectivity index (χ3n) is 2.59. The fourth-order valence-corrected chi connectivity index (χ4v) is 1.37. The highest BCUT2D eigenvalue weighted by molar-refractivity contribution is 5.03. The third-order valence-corrected chi connectivity index (χ3v) is 2.59. The van der Waals surface area contributed by atoms with Gasteiger partial charge in [-0.3, -0.25) is 0 Å². The number of unbranched alkanes of at least 4 members (excludes halogenated alkanes) is 4. The summed E-state index contributed by atoms with van der Waals surface area (Å²) in [4.78, 5) is 0. The van der Waals surface area contributed by atoms with Crippen LogP contribution in [0.2, 0.25) is 0 Å². The van der Waals surface area contributed by atoms with E-state index < -0.39 is 6.10 Å². The van der Waals surface area contributed by atoms with Gasteiger partial charge in [-0.2, -0.15) is 0 Å². The van der Waals surface area contributed by atoms with Crippen LogP contribution in [0.5, 0.6) is 0 Å². The van der Waals surface area contributed by atoms with Crippen molar-refractivity contribution in [2.75, 3.05) is 0 Å². The van der Waals surface area contributed by atoms with Crippen molar-refractivity contribution in [3.63, 3.8) is 0 Å². The molecule has 2 heteroatoms. The molecule has 0 rings (SSSR count). The predicted molar refractivity (Wildman–Crippen MR) is 71.3 cm³/mol. The highest BCUT2D eigenvalue weighted by Crippen LogP contribution is 2.03. The molecular formula is C14H27NO. The number of nitrogens with two attached hydrogens (primary N) is 1. The van der Waals surface area contributed by atoms with Crippen molar-refractivity contribution >= 4 is 0 Å². The number of allylic oxidation sites excluding steroid dienone is 3. The highest BCUT2D eigenvalue weighted by Gasteiger charge is 2.05.